The minimum atomic E-state index is -0.576. The molecule has 0 atom stereocenters. The van der Waals surface area contributed by atoms with Crippen molar-refractivity contribution in [3.8, 4) is 5.75 Å². The summed E-state index contributed by atoms with van der Waals surface area (Å²) >= 11 is 6.00. The molecule has 0 fully saturated rings. The molecule has 2 N–H and O–H groups in total. The molecule has 11 heteroatoms. The molecule has 0 saturated heterocycles. The number of carbonyl (C=O) groups is 3. The third-order valence-electron chi connectivity index (χ3n) is 4.77. The lowest BCUT2D eigenvalue weighted by molar-refractivity contribution is -0.384. The Morgan fingerprint density at radius 2 is 1.78 bits per heavy atom. The van der Waals surface area contributed by atoms with E-state index in [4.69, 9.17) is 16.3 Å². The molecule has 0 aliphatic rings. The summed E-state index contributed by atoms with van der Waals surface area (Å²) in [6.07, 6.45) is 1.90. The Morgan fingerprint density at radius 1 is 1.03 bits per heavy atom. The number of hydrogen-bond acceptors (Lipinski definition) is 7. The lowest BCUT2D eigenvalue weighted by Gasteiger charge is -2.06. The van der Waals surface area contributed by atoms with Crippen LogP contribution in [0, 0.1) is 10.1 Å². The van der Waals surface area contributed by atoms with E-state index in [1.54, 1.807) is 48.5 Å². The van der Waals surface area contributed by atoms with Crippen LogP contribution in [0.2, 0.25) is 5.02 Å². The van der Waals surface area contributed by atoms with Crippen molar-refractivity contribution in [2.24, 2.45) is 5.10 Å². The smallest absolute Gasteiger partial charge is 0.345 e. The van der Waals surface area contributed by atoms with Crippen LogP contribution in [0.25, 0.3) is 0 Å². The fourth-order valence-electron chi connectivity index (χ4n) is 2.96. The summed E-state index contributed by atoms with van der Waals surface area (Å²) in [7, 11) is 0. The number of benzene rings is 3. The first kappa shape index (κ1) is 26.0. The fraction of sp³-hybridized carbons (Fsp3) is 0.120. The van der Waals surface area contributed by atoms with Gasteiger partial charge in [0.25, 0.3) is 11.6 Å². The normalized spacial score (nSPS) is 10.6. The molecule has 0 spiro atoms. The van der Waals surface area contributed by atoms with Gasteiger partial charge in [-0.05, 0) is 54.4 Å². The zero-order valence-corrected chi connectivity index (χ0v) is 19.6. The maximum Gasteiger partial charge on any atom is 0.345 e. The number of hydrogen-bond donors (Lipinski definition) is 2. The van der Waals surface area contributed by atoms with Gasteiger partial charge in [-0.1, -0.05) is 29.8 Å². The maximum absolute atomic E-state index is 12.2. The second-order valence-electron chi connectivity index (χ2n) is 7.40. The molecule has 0 heterocycles. The van der Waals surface area contributed by atoms with E-state index in [1.807, 2.05) is 0 Å². The Hall–Kier alpha value is -4.57. The molecule has 0 radical (unpaired) electrons. The highest BCUT2D eigenvalue weighted by atomic mass is 35.5. The van der Waals surface area contributed by atoms with Crippen molar-refractivity contribution in [3.05, 3.63) is 105 Å². The summed E-state index contributed by atoms with van der Waals surface area (Å²) in [5.41, 5.74) is 3.31. The van der Waals surface area contributed by atoms with E-state index in [-0.39, 0.29) is 35.7 Å². The topological polar surface area (TPSA) is 140 Å². The van der Waals surface area contributed by atoms with Crippen LogP contribution in [-0.4, -0.2) is 35.5 Å². The van der Waals surface area contributed by atoms with Crippen molar-refractivity contribution in [1.82, 2.24) is 10.7 Å². The van der Waals surface area contributed by atoms with E-state index < -0.39 is 16.8 Å². The molecule has 36 heavy (non-hydrogen) atoms. The summed E-state index contributed by atoms with van der Waals surface area (Å²) in [6, 6.07) is 18.5. The van der Waals surface area contributed by atoms with E-state index in [2.05, 4.69) is 15.8 Å². The van der Waals surface area contributed by atoms with Gasteiger partial charge in [0.2, 0.25) is 5.91 Å². The number of esters is 1. The molecule has 2 amide bonds. The number of halogens is 1. The number of rotatable bonds is 10. The Morgan fingerprint density at radius 3 is 2.50 bits per heavy atom. The van der Waals surface area contributed by atoms with Crippen molar-refractivity contribution < 1.29 is 24.0 Å². The Labute approximate surface area is 211 Å². The number of amides is 2. The third-order valence-corrected chi connectivity index (χ3v) is 5.10. The molecular weight excluding hydrogens is 488 g/mol. The minimum absolute atomic E-state index is 0.115. The van der Waals surface area contributed by atoms with Gasteiger partial charge in [0.05, 0.1) is 21.7 Å². The highest BCUT2D eigenvalue weighted by molar-refractivity contribution is 6.33. The first-order chi connectivity index (χ1) is 17.3. The van der Waals surface area contributed by atoms with Crippen LogP contribution in [0.5, 0.6) is 5.75 Å². The average molecular weight is 509 g/mol. The predicted octanol–water partition coefficient (Wildman–Crippen LogP) is 4.13. The minimum Gasteiger partial charge on any atom is -0.423 e. The largest absolute Gasteiger partial charge is 0.423 e. The van der Waals surface area contributed by atoms with Crippen molar-refractivity contribution in [1.29, 1.82) is 0 Å². The number of nitrogens with zero attached hydrogens (tertiary/aromatic N) is 2. The molecule has 184 valence electrons. The van der Waals surface area contributed by atoms with Crippen molar-refractivity contribution in [2.45, 2.75) is 12.8 Å². The zero-order valence-electron chi connectivity index (χ0n) is 18.8. The van der Waals surface area contributed by atoms with Crippen LogP contribution in [0.4, 0.5) is 5.69 Å². The van der Waals surface area contributed by atoms with E-state index in [1.165, 1.54) is 30.5 Å². The van der Waals surface area contributed by atoms with Gasteiger partial charge in [0.1, 0.15) is 5.75 Å². The van der Waals surface area contributed by atoms with Gasteiger partial charge in [-0.3, -0.25) is 19.7 Å². The summed E-state index contributed by atoms with van der Waals surface area (Å²) in [6.45, 7) is 0.215. The van der Waals surface area contributed by atoms with Gasteiger partial charge in [-0.2, -0.15) is 5.10 Å². The van der Waals surface area contributed by atoms with E-state index in [0.717, 1.165) is 0 Å². The summed E-state index contributed by atoms with van der Waals surface area (Å²) in [4.78, 5) is 46.4. The highest BCUT2D eigenvalue weighted by Crippen LogP contribution is 2.19. The first-order valence-electron chi connectivity index (χ1n) is 10.7. The van der Waals surface area contributed by atoms with Crippen LogP contribution >= 0.6 is 11.6 Å². The van der Waals surface area contributed by atoms with Gasteiger partial charge in [0, 0.05) is 30.7 Å². The maximum atomic E-state index is 12.2. The predicted molar refractivity (Wildman–Crippen MR) is 133 cm³/mol. The monoisotopic (exact) mass is 508 g/mol. The molecule has 0 unspecified atom stereocenters. The summed E-state index contributed by atoms with van der Waals surface area (Å²) in [5.74, 6) is -1.05. The number of nitro groups is 1. The number of non-ortho nitro benzene ring substituents is 1. The molecule has 0 aliphatic heterocycles. The SMILES string of the molecule is O=C(CCCNC(=O)c1cccc([N+](=O)[O-])c1)N/N=C/c1ccc(OC(=O)c2ccccc2Cl)cc1. The molecule has 3 rings (SSSR count). The Kier molecular flexibility index (Phi) is 9.24. The standard InChI is InChI=1S/C25H21ClN4O6/c26-22-8-2-1-7-21(22)25(33)36-20-12-10-17(11-13-20)16-28-29-23(31)9-4-14-27-24(32)18-5-3-6-19(15-18)30(34)35/h1-3,5-8,10-13,15-16H,4,9,14H2,(H,27,32)(H,29,31)/b28-16+. The second-order valence-corrected chi connectivity index (χ2v) is 7.81. The first-order valence-corrected chi connectivity index (χ1v) is 11.1. The lowest BCUT2D eigenvalue weighted by Crippen LogP contribution is -2.26. The van der Waals surface area contributed by atoms with Crippen molar-refractivity contribution >= 4 is 41.3 Å². The molecule has 0 saturated carbocycles. The molecular formula is C25H21ClN4O6. The number of nitro benzene ring substituents is 1. The average Bonchev–Trinajstić information content (AvgIpc) is 2.87. The number of ether oxygens (including phenoxy) is 1. The van der Waals surface area contributed by atoms with Gasteiger partial charge in [0.15, 0.2) is 0 Å². The Balaban J connectivity index is 1.38. The van der Waals surface area contributed by atoms with Crippen LogP contribution in [0.15, 0.2) is 77.9 Å². The number of hydrazone groups is 1. The fourth-order valence-corrected chi connectivity index (χ4v) is 3.17. The molecule has 0 aliphatic carbocycles. The van der Waals surface area contributed by atoms with Gasteiger partial charge < -0.3 is 10.1 Å². The Bertz CT molecular complexity index is 1290. The highest BCUT2D eigenvalue weighted by Gasteiger charge is 2.12. The van der Waals surface area contributed by atoms with E-state index in [9.17, 15) is 24.5 Å². The van der Waals surface area contributed by atoms with Crippen LogP contribution in [0.3, 0.4) is 0 Å². The zero-order chi connectivity index (χ0) is 25.9. The molecule has 3 aromatic rings. The molecule has 3 aromatic carbocycles. The second kappa shape index (κ2) is 12.8. The number of nitrogens with one attached hydrogen (secondary N) is 2. The third kappa shape index (κ3) is 7.74. The summed E-state index contributed by atoms with van der Waals surface area (Å²) < 4.78 is 5.30. The van der Waals surface area contributed by atoms with Gasteiger partial charge in [-0.15, -0.1) is 0 Å². The summed E-state index contributed by atoms with van der Waals surface area (Å²) in [5, 5.41) is 17.6. The van der Waals surface area contributed by atoms with E-state index >= 15 is 0 Å². The molecule has 10 nitrogen and oxygen atoms in total. The van der Waals surface area contributed by atoms with Crippen molar-refractivity contribution in [2.75, 3.05) is 6.54 Å². The van der Waals surface area contributed by atoms with Crippen LogP contribution < -0.4 is 15.5 Å². The van der Waals surface area contributed by atoms with Gasteiger partial charge in [-0.25, -0.2) is 10.2 Å². The van der Waals surface area contributed by atoms with Crippen molar-refractivity contribution in [3.63, 3.8) is 0 Å². The van der Waals surface area contributed by atoms with E-state index in [0.29, 0.717) is 22.8 Å². The van der Waals surface area contributed by atoms with Crippen LogP contribution in [0.1, 0.15) is 39.1 Å². The molecule has 0 bridgehead atoms. The quantitative estimate of drug-likeness (QED) is 0.105. The van der Waals surface area contributed by atoms with Gasteiger partial charge >= 0.3 is 5.97 Å². The number of carbonyl (C=O) groups excluding carboxylic acids is 3. The molecule has 0 aromatic heterocycles. The van der Waals surface area contributed by atoms with Crippen LogP contribution in [-0.2, 0) is 4.79 Å². The lowest BCUT2D eigenvalue weighted by atomic mass is 10.2.